The molecule has 0 aromatic carbocycles. The highest BCUT2D eigenvalue weighted by molar-refractivity contribution is 7.80. The Morgan fingerprint density at radius 1 is 1.46 bits per heavy atom. The van der Waals surface area contributed by atoms with Crippen molar-refractivity contribution in [1.29, 1.82) is 0 Å². The van der Waals surface area contributed by atoms with Crippen LogP contribution in [0.1, 0.15) is 25.7 Å². The normalized spacial score (nSPS) is 32.3. The number of likely N-dealkylation sites (tertiary alicyclic amines) is 1. The zero-order valence-corrected chi connectivity index (χ0v) is 8.97. The molecule has 1 aliphatic heterocycles. The first-order chi connectivity index (χ1) is 6.29. The maximum atomic E-state index is 9.17. The van der Waals surface area contributed by atoms with Crippen molar-refractivity contribution >= 4 is 12.6 Å². The zero-order valence-electron chi connectivity index (χ0n) is 8.08. The van der Waals surface area contributed by atoms with Crippen LogP contribution in [-0.4, -0.2) is 41.5 Å². The Hall–Kier alpha value is 0.270. The average molecular weight is 201 g/mol. The van der Waals surface area contributed by atoms with Gasteiger partial charge in [-0.05, 0) is 43.4 Å². The summed E-state index contributed by atoms with van der Waals surface area (Å²) in [5.41, 5.74) is 0.515. The van der Waals surface area contributed by atoms with Crippen molar-refractivity contribution in [3.63, 3.8) is 0 Å². The van der Waals surface area contributed by atoms with Crippen molar-refractivity contribution in [1.82, 2.24) is 4.90 Å². The largest absolute Gasteiger partial charge is 0.395 e. The summed E-state index contributed by atoms with van der Waals surface area (Å²) >= 11 is 4.41. The van der Waals surface area contributed by atoms with Gasteiger partial charge in [-0.15, -0.1) is 0 Å². The molecule has 0 spiro atoms. The minimum atomic E-state index is 0.336. The topological polar surface area (TPSA) is 23.5 Å². The summed E-state index contributed by atoms with van der Waals surface area (Å²) in [6.07, 6.45) is 5.11. The highest BCUT2D eigenvalue weighted by atomic mass is 32.1. The van der Waals surface area contributed by atoms with E-state index in [1.165, 1.54) is 38.8 Å². The molecule has 2 rings (SSSR count). The maximum Gasteiger partial charge on any atom is 0.0586 e. The van der Waals surface area contributed by atoms with E-state index >= 15 is 0 Å². The molecule has 2 aliphatic rings. The van der Waals surface area contributed by atoms with Crippen molar-refractivity contribution in [2.45, 2.75) is 31.7 Å². The molecule has 0 amide bonds. The molecule has 2 fully saturated rings. The molecule has 0 aromatic heterocycles. The second-order valence-electron chi connectivity index (χ2n) is 4.61. The molecular weight excluding hydrogens is 182 g/mol. The van der Waals surface area contributed by atoms with Crippen molar-refractivity contribution in [3.05, 3.63) is 0 Å². The van der Waals surface area contributed by atoms with Crippen molar-refractivity contribution in [2.24, 2.45) is 5.41 Å². The summed E-state index contributed by atoms with van der Waals surface area (Å²) in [5.74, 6) is 1.02. The van der Waals surface area contributed by atoms with Gasteiger partial charge in [-0.25, -0.2) is 0 Å². The fraction of sp³-hybridized carbons (Fsp3) is 1.00. The molecule has 76 valence electrons. The lowest BCUT2D eigenvalue weighted by Crippen LogP contribution is -2.37. The summed E-state index contributed by atoms with van der Waals surface area (Å²) in [4.78, 5) is 2.46. The summed E-state index contributed by atoms with van der Waals surface area (Å²) in [5, 5.41) is 9.17. The quantitative estimate of drug-likeness (QED) is 0.667. The third kappa shape index (κ3) is 2.03. The van der Waals surface area contributed by atoms with E-state index in [4.69, 9.17) is 5.11 Å². The van der Waals surface area contributed by atoms with Gasteiger partial charge in [-0.1, -0.05) is 0 Å². The maximum absolute atomic E-state index is 9.17. The Balaban J connectivity index is 1.86. The standard InChI is InChI=1S/C10H19NOS/c12-6-9-2-1-5-11(9)7-10(8-13)3-4-10/h9,12-13H,1-8H2. The molecule has 1 saturated carbocycles. The van der Waals surface area contributed by atoms with Crippen LogP contribution in [0, 0.1) is 5.41 Å². The summed E-state index contributed by atoms with van der Waals surface area (Å²) in [6, 6.07) is 0.442. The summed E-state index contributed by atoms with van der Waals surface area (Å²) in [7, 11) is 0. The second-order valence-corrected chi connectivity index (χ2v) is 4.92. The third-order valence-corrected chi connectivity index (χ3v) is 4.21. The van der Waals surface area contributed by atoms with E-state index < -0.39 is 0 Å². The van der Waals surface area contributed by atoms with Gasteiger partial charge in [-0.2, -0.15) is 12.6 Å². The van der Waals surface area contributed by atoms with Crippen LogP contribution in [0.5, 0.6) is 0 Å². The van der Waals surface area contributed by atoms with Crippen LogP contribution < -0.4 is 0 Å². The number of aliphatic hydroxyl groups excluding tert-OH is 1. The zero-order chi connectivity index (χ0) is 9.31. The molecule has 1 saturated heterocycles. The van der Waals surface area contributed by atoms with E-state index in [2.05, 4.69) is 17.5 Å². The van der Waals surface area contributed by atoms with Crippen LogP contribution in [0.2, 0.25) is 0 Å². The Labute approximate surface area is 85.7 Å². The minimum absolute atomic E-state index is 0.336. The van der Waals surface area contributed by atoms with E-state index in [1.54, 1.807) is 0 Å². The molecule has 1 aliphatic carbocycles. The average Bonchev–Trinajstić information content (AvgIpc) is 2.78. The fourth-order valence-corrected chi connectivity index (χ4v) is 2.70. The van der Waals surface area contributed by atoms with Crippen LogP contribution in [0.3, 0.4) is 0 Å². The smallest absolute Gasteiger partial charge is 0.0586 e. The first kappa shape index (κ1) is 9.81. The highest BCUT2D eigenvalue weighted by Crippen LogP contribution is 2.47. The van der Waals surface area contributed by atoms with Crippen molar-refractivity contribution < 1.29 is 5.11 Å². The van der Waals surface area contributed by atoms with Gasteiger partial charge in [-0.3, -0.25) is 4.90 Å². The van der Waals surface area contributed by atoms with Gasteiger partial charge in [0.15, 0.2) is 0 Å². The van der Waals surface area contributed by atoms with Crippen LogP contribution in [0.4, 0.5) is 0 Å². The van der Waals surface area contributed by atoms with Gasteiger partial charge in [0, 0.05) is 12.6 Å². The van der Waals surface area contributed by atoms with Gasteiger partial charge in [0.1, 0.15) is 0 Å². The SMILES string of the molecule is OCC1CCCN1CC1(CS)CC1. The van der Waals surface area contributed by atoms with Crippen molar-refractivity contribution in [3.8, 4) is 0 Å². The number of nitrogens with zero attached hydrogens (tertiary/aromatic N) is 1. The van der Waals surface area contributed by atoms with Gasteiger partial charge < -0.3 is 5.11 Å². The van der Waals surface area contributed by atoms with Crippen LogP contribution in [0.15, 0.2) is 0 Å². The van der Waals surface area contributed by atoms with E-state index in [9.17, 15) is 0 Å². The van der Waals surface area contributed by atoms with Gasteiger partial charge in [0.25, 0.3) is 0 Å². The Kier molecular flexibility index (Phi) is 2.86. The van der Waals surface area contributed by atoms with Crippen molar-refractivity contribution in [2.75, 3.05) is 25.4 Å². The molecule has 2 nitrogen and oxygen atoms in total. The highest BCUT2D eigenvalue weighted by Gasteiger charge is 2.44. The molecule has 1 unspecified atom stereocenters. The molecule has 0 aromatic rings. The third-order valence-electron chi connectivity index (χ3n) is 3.54. The second kappa shape index (κ2) is 3.79. The van der Waals surface area contributed by atoms with E-state index in [-0.39, 0.29) is 0 Å². The number of rotatable bonds is 4. The summed E-state index contributed by atoms with van der Waals surface area (Å²) in [6.45, 7) is 2.69. The first-order valence-electron chi connectivity index (χ1n) is 5.25. The molecule has 0 bridgehead atoms. The lowest BCUT2D eigenvalue weighted by Gasteiger charge is -2.26. The molecular formula is C10H19NOS. The number of hydrogen-bond donors (Lipinski definition) is 2. The monoisotopic (exact) mass is 201 g/mol. The molecule has 0 radical (unpaired) electrons. The Morgan fingerprint density at radius 3 is 2.77 bits per heavy atom. The van der Waals surface area contributed by atoms with Crippen LogP contribution in [-0.2, 0) is 0 Å². The predicted octanol–water partition coefficient (Wildman–Crippen LogP) is 1.15. The molecule has 13 heavy (non-hydrogen) atoms. The lowest BCUT2D eigenvalue weighted by atomic mass is 10.1. The van der Waals surface area contributed by atoms with E-state index in [0.717, 1.165) is 5.75 Å². The van der Waals surface area contributed by atoms with Gasteiger partial charge >= 0.3 is 0 Å². The molecule has 1 N–H and O–H groups in total. The van der Waals surface area contributed by atoms with E-state index in [0.29, 0.717) is 18.1 Å². The number of hydrogen-bond acceptors (Lipinski definition) is 3. The predicted molar refractivity (Wildman–Crippen MR) is 57.2 cm³/mol. The number of thiol groups is 1. The summed E-state index contributed by atoms with van der Waals surface area (Å²) < 4.78 is 0. The molecule has 1 atom stereocenters. The van der Waals surface area contributed by atoms with Crippen LogP contribution >= 0.6 is 12.6 Å². The number of aliphatic hydroxyl groups is 1. The lowest BCUT2D eigenvalue weighted by molar-refractivity contribution is 0.141. The molecule has 3 heteroatoms. The minimum Gasteiger partial charge on any atom is -0.395 e. The first-order valence-corrected chi connectivity index (χ1v) is 5.89. The fourth-order valence-electron chi connectivity index (χ4n) is 2.28. The van der Waals surface area contributed by atoms with E-state index in [1.807, 2.05) is 0 Å². The van der Waals surface area contributed by atoms with Crippen LogP contribution in [0.25, 0.3) is 0 Å². The van der Waals surface area contributed by atoms with Gasteiger partial charge in [0.05, 0.1) is 6.61 Å². The Bertz CT molecular complexity index is 182. The molecule has 1 heterocycles. The van der Waals surface area contributed by atoms with Gasteiger partial charge in [0.2, 0.25) is 0 Å². The Morgan fingerprint density at radius 2 is 2.23 bits per heavy atom.